The van der Waals surface area contributed by atoms with Crippen LogP contribution in [0.3, 0.4) is 0 Å². The summed E-state index contributed by atoms with van der Waals surface area (Å²) in [5.41, 5.74) is 1.46. The number of aromatic amines is 1. The lowest BCUT2D eigenvalue weighted by molar-refractivity contribution is -0.129. The highest BCUT2D eigenvalue weighted by Gasteiger charge is 2.21. The summed E-state index contributed by atoms with van der Waals surface area (Å²) in [6, 6.07) is 9.08. The fourth-order valence-electron chi connectivity index (χ4n) is 2.06. The summed E-state index contributed by atoms with van der Waals surface area (Å²) in [6.07, 6.45) is 4.79. The van der Waals surface area contributed by atoms with Crippen LogP contribution in [0, 0.1) is 0 Å². The third-order valence-electron chi connectivity index (χ3n) is 2.92. The van der Waals surface area contributed by atoms with E-state index >= 15 is 0 Å². The fraction of sp³-hybridized carbons (Fsp3) is 0. The Labute approximate surface area is 114 Å². The minimum absolute atomic E-state index is 0.268. The van der Waals surface area contributed by atoms with Crippen molar-refractivity contribution < 1.29 is 9.59 Å². The SMILES string of the molecule is O=CC(=O)N(c1ccncn1)c1c[nH]c2ccccc12. The number of carbonyl (C=O) groups excluding carboxylic acids is 2. The van der Waals surface area contributed by atoms with Crippen molar-refractivity contribution in [2.45, 2.75) is 0 Å². The first-order valence-electron chi connectivity index (χ1n) is 5.92. The van der Waals surface area contributed by atoms with Gasteiger partial charge < -0.3 is 4.98 Å². The normalized spacial score (nSPS) is 10.4. The molecular weight excluding hydrogens is 256 g/mol. The van der Waals surface area contributed by atoms with Gasteiger partial charge in [0.2, 0.25) is 6.29 Å². The van der Waals surface area contributed by atoms with Crippen LogP contribution >= 0.6 is 0 Å². The van der Waals surface area contributed by atoms with E-state index in [1.54, 1.807) is 12.3 Å². The van der Waals surface area contributed by atoms with Crippen LogP contribution in [0.2, 0.25) is 0 Å². The largest absolute Gasteiger partial charge is 0.359 e. The Morgan fingerprint density at radius 1 is 1.25 bits per heavy atom. The summed E-state index contributed by atoms with van der Waals surface area (Å²) >= 11 is 0. The van der Waals surface area contributed by atoms with Crippen LogP contribution in [-0.2, 0) is 9.59 Å². The lowest BCUT2D eigenvalue weighted by Gasteiger charge is -2.17. The average Bonchev–Trinajstić information content (AvgIpc) is 2.92. The number of H-pyrrole nitrogens is 1. The van der Waals surface area contributed by atoms with Gasteiger partial charge >= 0.3 is 0 Å². The lowest BCUT2D eigenvalue weighted by Crippen LogP contribution is -2.27. The van der Waals surface area contributed by atoms with Crippen LogP contribution in [0.1, 0.15) is 0 Å². The number of para-hydroxylation sites is 1. The van der Waals surface area contributed by atoms with Crippen molar-refractivity contribution in [2.75, 3.05) is 4.90 Å². The minimum atomic E-state index is -0.687. The van der Waals surface area contributed by atoms with Gasteiger partial charge in [0.15, 0.2) is 0 Å². The number of aldehydes is 1. The second-order valence-electron chi connectivity index (χ2n) is 4.08. The summed E-state index contributed by atoms with van der Waals surface area (Å²) in [6.45, 7) is 0. The van der Waals surface area contributed by atoms with Gasteiger partial charge in [-0.15, -0.1) is 0 Å². The highest BCUT2D eigenvalue weighted by molar-refractivity contribution is 6.33. The number of hydrogen-bond donors (Lipinski definition) is 1. The number of hydrogen-bond acceptors (Lipinski definition) is 4. The molecule has 6 nitrogen and oxygen atoms in total. The Morgan fingerprint density at radius 3 is 2.85 bits per heavy atom. The van der Waals surface area contributed by atoms with Gasteiger partial charge in [-0.1, -0.05) is 18.2 Å². The molecule has 2 aromatic heterocycles. The van der Waals surface area contributed by atoms with Gasteiger partial charge in [0.1, 0.15) is 12.1 Å². The van der Waals surface area contributed by atoms with Crippen molar-refractivity contribution in [1.29, 1.82) is 0 Å². The molecule has 1 N–H and O–H groups in total. The molecule has 0 atom stereocenters. The van der Waals surface area contributed by atoms with E-state index in [9.17, 15) is 9.59 Å². The molecule has 20 heavy (non-hydrogen) atoms. The third kappa shape index (κ3) is 1.93. The number of fused-ring (bicyclic) bond motifs is 1. The number of benzene rings is 1. The molecule has 98 valence electrons. The van der Waals surface area contributed by atoms with Gasteiger partial charge in [-0.25, -0.2) is 9.97 Å². The molecule has 0 saturated carbocycles. The lowest BCUT2D eigenvalue weighted by atomic mass is 10.2. The van der Waals surface area contributed by atoms with E-state index in [1.165, 1.54) is 17.4 Å². The smallest absolute Gasteiger partial charge is 0.296 e. The molecule has 0 aliphatic heterocycles. The predicted molar refractivity (Wildman–Crippen MR) is 73.5 cm³/mol. The van der Waals surface area contributed by atoms with Crippen molar-refractivity contribution >= 4 is 34.6 Å². The second-order valence-corrected chi connectivity index (χ2v) is 4.08. The van der Waals surface area contributed by atoms with E-state index in [1.807, 2.05) is 24.3 Å². The molecule has 0 aliphatic carbocycles. The van der Waals surface area contributed by atoms with Crippen molar-refractivity contribution in [3.63, 3.8) is 0 Å². The van der Waals surface area contributed by atoms with E-state index in [-0.39, 0.29) is 6.29 Å². The standard InChI is InChI=1S/C14H10N4O2/c19-8-14(20)18(13-5-6-15-9-17-13)12-7-16-11-4-2-1-3-10(11)12/h1-9,16H. The minimum Gasteiger partial charge on any atom is -0.359 e. The fourth-order valence-corrected chi connectivity index (χ4v) is 2.06. The number of anilines is 2. The van der Waals surface area contributed by atoms with Crippen LogP contribution in [0.4, 0.5) is 11.5 Å². The van der Waals surface area contributed by atoms with Gasteiger partial charge in [-0.3, -0.25) is 14.5 Å². The topological polar surface area (TPSA) is 79.0 Å². The Morgan fingerprint density at radius 2 is 2.10 bits per heavy atom. The first-order valence-corrected chi connectivity index (χ1v) is 5.92. The molecule has 0 fully saturated rings. The second kappa shape index (κ2) is 4.93. The molecule has 2 heterocycles. The Kier molecular flexibility index (Phi) is 2.96. The van der Waals surface area contributed by atoms with Gasteiger partial charge in [0.05, 0.1) is 5.69 Å². The van der Waals surface area contributed by atoms with E-state index in [0.29, 0.717) is 11.5 Å². The maximum atomic E-state index is 11.9. The van der Waals surface area contributed by atoms with Crippen molar-refractivity contribution in [2.24, 2.45) is 0 Å². The van der Waals surface area contributed by atoms with Gasteiger partial charge in [-0.05, 0) is 12.1 Å². The van der Waals surface area contributed by atoms with Crippen LogP contribution in [0.25, 0.3) is 10.9 Å². The molecule has 0 bridgehead atoms. The molecule has 0 spiro atoms. The van der Waals surface area contributed by atoms with E-state index < -0.39 is 5.91 Å². The number of rotatable bonds is 3. The van der Waals surface area contributed by atoms with Crippen LogP contribution in [-0.4, -0.2) is 27.1 Å². The number of carbonyl (C=O) groups is 2. The molecule has 3 aromatic rings. The van der Waals surface area contributed by atoms with Gasteiger partial charge in [-0.2, -0.15) is 0 Å². The van der Waals surface area contributed by atoms with Crippen molar-refractivity contribution in [3.8, 4) is 0 Å². The van der Waals surface area contributed by atoms with Crippen LogP contribution in [0.15, 0.2) is 49.1 Å². The molecular formula is C14H10N4O2. The molecule has 1 amide bonds. The maximum absolute atomic E-state index is 11.9. The van der Waals surface area contributed by atoms with Crippen LogP contribution in [0.5, 0.6) is 0 Å². The Bertz CT molecular complexity index is 767. The van der Waals surface area contributed by atoms with E-state index in [0.717, 1.165) is 10.9 Å². The van der Waals surface area contributed by atoms with Crippen molar-refractivity contribution in [3.05, 3.63) is 49.1 Å². The summed E-state index contributed by atoms with van der Waals surface area (Å²) in [7, 11) is 0. The zero-order chi connectivity index (χ0) is 13.9. The average molecular weight is 266 g/mol. The molecule has 0 aliphatic rings. The molecule has 6 heteroatoms. The summed E-state index contributed by atoms with van der Waals surface area (Å²) in [5.74, 6) is -0.338. The quantitative estimate of drug-likeness (QED) is 0.579. The number of aromatic nitrogens is 3. The monoisotopic (exact) mass is 266 g/mol. The molecule has 0 radical (unpaired) electrons. The van der Waals surface area contributed by atoms with Crippen molar-refractivity contribution in [1.82, 2.24) is 15.0 Å². The molecule has 0 saturated heterocycles. The molecule has 1 aromatic carbocycles. The highest BCUT2D eigenvalue weighted by Crippen LogP contribution is 2.30. The summed E-state index contributed by atoms with van der Waals surface area (Å²) in [5, 5.41) is 0.835. The molecule has 0 unspecified atom stereocenters. The number of nitrogens with zero attached hydrogens (tertiary/aromatic N) is 3. The van der Waals surface area contributed by atoms with Gasteiger partial charge in [0, 0.05) is 23.3 Å². The van der Waals surface area contributed by atoms with E-state index in [4.69, 9.17) is 0 Å². The zero-order valence-electron chi connectivity index (χ0n) is 10.4. The summed E-state index contributed by atoms with van der Waals surface area (Å²) in [4.78, 5) is 35.0. The van der Waals surface area contributed by atoms with E-state index in [2.05, 4.69) is 15.0 Å². The number of amides is 1. The Hall–Kier alpha value is -3.02. The predicted octanol–water partition coefficient (Wildman–Crippen LogP) is 1.82. The third-order valence-corrected chi connectivity index (χ3v) is 2.92. The first kappa shape index (κ1) is 12.0. The Balaban J connectivity index is 2.20. The highest BCUT2D eigenvalue weighted by atomic mass is 16.2. The first-order chi connectivity index (χ1) is 9.81. The zero-order valence-corrected chi connectivity index (χ0v) is 10.4. The summed E-state index contributed by atoms with van der Waals surface area (Å²) < 4.78 is 0. The maximum Gasteiger partial charge on any atom is 0.296 e. The number of nitrogens with one attached hydrogen (secondary N) is 1. The molecule has 3 rings (SSSR count). The van der Waals surface area contributed by atoms with Crippen LogP contribution < -0.4 is 4.90 Å². The van der Waals surface area contributed by atoms with Gasteiger partial charge in [0.25, 0.3) is 5.91 Å².